The molecule has 3 saturated heterocycles. The Labute approximate surface area is 566 Å². The summed E-state index contributed by atoms with van der Waals surface area (Å²) >= 11 is 0. The highest BCUT2D eigenvalue weighted by atomic mass is 16.8. The minimum atomic E-state index is -1.99. The van der Waals surface area contributed by atoms with Crippen LogP contribution >= 0.6 is 0 Å². The van der Waals surface area contributed by atoms with Crippen molar-refractivity contribution in [2.24, 2.45) is 0 Å². The van der Waals surface area contributed by atoms with Gasteiger partial charge in [-0.1, -0.05) is 247 Å². The summed E-state index contributed by atoms with van der Waals surface area (Å²) in [5.74, 6) is -0.297. The molecular weight excluding hydrogens is 1200 g/mol. The quantitative estimate of drug-likeness (QED) is 0.0199. The molecule has 3 fully saturated rings. The maximum Gasteiger partial charge on any atom is 0.220 e. The van der Waals surface area contributed by atoms with Crippen molar-refractivity contribution in [2.75, 3.05) is 26.4 Å². The molecule has 0 radical (unpaired) electrons. The molecule has 546 valence electrons. The molecule has 94 heavy (non-hydrogen) atoms. The molecule has 0 aromatic rings. The van der Waals surface area contributed by atoms with Gasteiger partial charge in [0.2, 0.25) is 5.91 Å². The predicted molar refractivity (Wildman–Crippen MR) is 369 cm³/mol. The molecule has 0 aliphatic carbocycles. The predicted octanol–water partition coefficient (Wildman–Crippen LogP) is 10.9. The first-order valence-electron chi connectivity index (χ1n) is 37.2. The van der Waals surface area contributed by atoms with Gasteiger partial charge in [0.15, 0.2) is 18.9 Å². The largest absolute Gasteiger partial charge is 0.394 e. The molecule has 0 spiro atoms. The fourth-order valence-electron chi connectivity index (χ4n) is 12.2. The van der Waals surface area contributed by atoms with E-state index < -0.39 is 124 Å². The van der Waals surface area contributed by atoms with Crippen molar-refractivity contribution in [1.82, 2.24) is 5.32 Å². The van der Waals surface area contributed by atoms with Crippen molar-refractivity contribution in [1.29, 1.82) is 0 Å². The van der Waals surface area contributed by atoms with Crippen LogP contribution in [0.1, 0.15) is 264 Å². The molecule has 17 unspecified atom stereocenters. The number of aliphatic hydroxyl groups excluding tert-OH is 11. The van der Waals surface area contributed by atoms with Gasteiger partial charge in [-0.15, -0.1) is 0 Å². The molecule has 19 nitrogen and oxygen atoms in total. The standard InChI is InChI=1S/C75H133NO18/c1-3-5-7-9-11-13-15-17-19-21-23-25-27-28-29-31-32-34-36-38-40-42-44-46-48-50-52-59(80)58(76-63(81)53-51-49-47-45-43-41-39-37-35-33-30-26-24-22-20-18-16-14-12-10-8-6-4-2)57-89-73-69(87)66(84)71(61(55-78)91-73)94-75-70(88)67(85)72(62(56-79)92-75)93-74-68(86)65(83)64(82)60(54-77)90-74/h16,18,22,24,30,33-34,36,42,44,50,52,58-62,64-75,77-80,82-88H,3-15,17,19-21,23,25-29,31-32,35,37-41,43,45-49,51,53-57H2,1-2H3,(H,76,81)/b18-16-,24-22-,33-30-,36-34+,44-42+,52-50+. The minimum absolute atomic E-state index is 0.221. The van der Waals surface area contributed by atoms with Gasteiger partial charge in [-0.05, 0) is 83.5 Å². The van der Waals surface area contributed by atoms with Gasteiger partial charge in [-0.25, -0.2) is 0 Å². The summed E-state index contributed by atoms with van der Waals surface area (Å²) in [5, 5.41) is 121. The molecule has 19 heteroatoms. The number of ether oxygens (including phenoxy) is 6. The van der Waals surface area contributed by atoms with Gasteiger partial charge in [0, 0.05) is 6.42 Å². The number of hydrogen-bond donors (Lipinski definition) is 12. The third-order valence-electron chi connectivity index (χ3n) is 18.2. The smallest absolute Gasteiger partial charge is 0.220 e. The lowest BCUT2D eigenvalue weighted by Crippen LogP contribution is -2.66. The van der Waals surface area contributed by atoms with Crippen molar-refractivity contribution in [3.63, 3.8) is 0 Å². The molecule has 17 atom stereocenters. The summed E-state index contributed by atoms with van der Waals surface area (Å²) in [7, 11) is 0. The Morgan fingerprint density at radius 2 is 0.713 bits per heavy atom. The Bertz CT molecular complexity index is 1980. The second-order valence-corrected chi connectivity index (χ2v) is 26.4. The lowest BCUT2D eigenvalue weighted by molar-refractivity contribution is -0.379. The van der Waals surface area contributed by atoms with Crippen molar-refractivity contribution in [3.05, 3.63) is 72.9 Å². The molecule has 0 aromatic heterocycles. The van der Waals surface area contributed by atoms with Crippen LogP contribution in [0.25, 0.3) is 0 Å². The van der Waals surface area contributed by atoms with Crippen LogP contribution < -0.4 is 5.32 Å². The lowest BCUT2D eigenvalue weighted by atomic mass is 9.96. The second kappa shape index (κ2) is 56.0. The van der Waals surface area contributed by atoms with Crippen molar-refractivity contribution in [2.45, 2.75) is 369 Å². The Balaban J connectivity index is 1.44. The maximum atomic E-state index is 13.4. The molecular formula is C75H133NO18. The fourth-order valence-corrected chi connectivity index (χ4v) is 12.2. The van der Waals surface area contributed by atoms with Crippen LogP contribution in [0.15, 0.2) is 72.9 Å². The van der Waals surface area contributed by atoms with Gasteiger partial charge >= 0.3 is 0 Å². The fraction of sp³-hybridized carbons (Fsp3) is 0.827. The maximum absolute atomic E-state index is 13.4. The van der Waals surface area contributed by atoms with Crippen LogP contribution in [0.3, 0.4) is 0 Å². The van der Waals surface area contributed by atoms with E-state index in [-0.39, 0.29) is 18.9 Å². The Kier molecular flexibility index (Phi) is 50.9. The Morgan fingerprint density at radius 1 is 0.383 bits per heavy atom. The number of nitrogens with one attached hydrogen (secondary N) is 1. The van der Waals surface area contributed by atoms with Gasteiger partial charge < -0.3 is 89.9 Å². The average molecular weight is 1340 g/mol. The summed E-state index contributed by atoms with van der Waals surface area (Å²) in [6.45, 7) is 1.71. The highest BCUT2D eigenvalue weighted by Gasteiger charge is 2.53. The van der Waals surface area contributed by atoms with E-state index in [1.807, 2.05) is 6.08 Å². The third kappa shape index (κ3) is 36.9. The SMILES string of the molecule is CCCCCCC/C=C\C/C=C\C/C=C\CCCCCCCCCCC(=O)NC(COC1OC(CO)C(OC2OC(CO)C(OC3OC(CO)C(O)C(O)C3O)C(O)C2O)C(O)C1O)C(O)/C=C/CC/C=C/CC/C=C/CCCCCCCCCCCCCCCCCC. The number of allylic oxidation sites excluding steroid dienone is 11. The normalized spacial score (nSPS) is 27.8. The molecule has 3 aliphatic heterocycles. The Hall–Kier alpha value is -2.77. The van der Waals surface area contributed by atoms with E-state index in [0.717, 1.165) is 70.6 Å². The second-order valence-electron chi connectivity index (χ2n) is 26.4. The summed E-state index contributed by atoms with van der Waals surface area (Å²) in [4.78, 5) is 13.4. The first-order chi connectivity index (χ1) is 45.8. The highest BCUT2D eigenvalue weighted by molar-refractivity contribution is 5.76. The lowest BCUT2D eigenvalue weighted by Gasteiger charge is -2.48. The number of carbonyl (C=O) groups is 1. The van der Waals surface area contributed by atoms with E-state index in [4.69, 9.17) is 28.4 Å². The molecule has 0 saturated carbocycles. The van der Waals surface area contributed by atoms with Crippen LogP contribution in [0.2, 0.25) is 0 Å². The Morgan fingerprint density at radius 3 is 1.14 bits per heavy atom. The van der Waals surface area contributed by atoms with Crippen LogP contribution in [0.5, 0.6) is 0 Å². The molecule has 12 N–H and O–H groups in total. The van der Waals surface area contributed by atoms with E-state index in [1.54, 1.807) is 6.08 Å². The number of amides is 1. The number of aliphatic hydroxyl groups is 11. The summed E-state index contributed by atoms with van der Waals surface area (Å²) < 4.78 is 34.4. The van der Waals surface area contributed by atoms with E-state index in [1.165, 1.54) is 161 Å². The number of rotatable bonds is 57. The minimum Gasteiger partial charge on any atom is -0.394 e. The number of hydrogen-bond acceptors (Lipinski definition) is 18. The van der Waals surface area contributed by atoms with E-state index in [9.17, 15) is 61.0 Å². The number of carbonyl (C=O) groups excluding carboxylic acids is 1. The highest BCUT2D eigenvalue weighted by Crippen LogP contribution is 2.33. The monoisotopic (exact) mass is 1340 g/mol. The zero-order valence-corrected chi connectivity index (χ0v) is 57.9. The zero-order valence-electron chi connectivity index (χ0n) is 57.9. The molecule has 3 rings (SSSR count). The van der Waals surface area contributed by atoms with Crippen LogP contribution in [-0.2, 0) is 33.2 Å². The summed E-state index contributed by atoms with van der Waals surface area (Å²) in [6.07, 6.45) is 44.5. The van der Waals surface area contributed by atoms with Crippen molar-refractivity contribution < 1.29 is 89.4 Å². The summed E-state index contributed by atoms with van der Waals surface area (Å²) in [6, 6.07) is -1.01. The van der Waals surface area contributed by atoms with Crippen molar-refractivity contribution in [3.8, 4) is 0 Å². The molecule has 3 heterocycles. The van der Waals surface area contributed by atoms with E-state index >= 15 is 0 Å². The number of unbranched alkanes of at least 4 members (excludes halogenated alkanes) is 31. The molecule has 0 aromatic carbocycles. The van der Waals surface area contributed by atoms with Gasteiger partial charge in [-0.2, -0.15) is 0 Å². The molecule has 3 aliphatic rings. The summed E-state index contributed by atoms with van der Waals surface area (Å²) in [5.41, 5.74) is 0. The third-order valence-corrected chi connectivity index (χ3v) is 18.2. The molecule has 1 amide bonds. The molecule has 0 bridgehead atoms. The van der Waals surface area contributed by atoms with Crippen LogP contribution in [0.4, 0.5) is 0 Å². The van der Waals surface area contributed by atoms with Crippen molar-refractivity contribution >= 4 is 5.91 Å². The average Bonchev–Trinajstić information content (AvgIpc) is 0.787. The first-order valence-corrected chi connectivity index (χ1v) is 37.2. The van der Waals surface area contributed by atoms with Crippen LogP contribution in [-0.4, -0.2) is 193 Å². The van der Waals surface area contributed by atoms with Gasteiger partial charge in [-0.3, -0.25) is 4.79 Å². The van der Waals surface area contributed by atoms with Gasteiger partial charge in [0.1, 0.15) is 73.2 Å². The zero-order chi connectivity index (χ0) is 68.2. The van der Waals surface area contributed by atoms with Gasteiger partial charge in [0.25, 0.3) is 0 Å². The van der Waals surface area contributed by atoms with Crippen LogP contribution in [0, 0.1) is 0 Å². The first kappa shape index (κ1) is 85.5. The topological polar surface area (TPSA) is 307 Å². The van der Waals surface area contributed by atoms with E-state index in [0.29, 0.717) is 12.8 Å². The van der Waals surface area contributed by atoms with Gasteiger partial charge in [0.05, 0.1) is 38.6 Å². The van der Waals surface area contributed by atoms with E-state index in [2.05, 4.69) is 79.9 Å².